The van der Waals surface area contributed by atoms with E-state index in [-0.39, 0.29) is 17.9 Å². The molecule has 0 bridgehead atoms. The number of para-hydroxylation sites is 1. The van der Waals surface area contributed by atoms with Gasteiger partial charge >= 0.3 is 0 Å². The zero-order valence-electron chi connectivity index (χ0n) is 18.9. The van der Waals surface area contributed by atoms with Gasteiger partial charge in [0.1, 0.15) is 0 Å². The average molecular weight is 425 g/mol. The number of carbonyl (C=O) groups is 1. The summed E-state index contributed by atoms with van der Waals surface area (Å²) in [5, 5.41) is 0. The molecule has 164 valence electrons. The summed E-state index contributed by atoms with van der Waals surface area (Å²) in [6.07, 6.45) is 4.63. The third-order valence-corrected chi connectivity index (χ3v) is 7.19. The molecule has 0 radical (unpaired) electrons. The van der Waals surface area contributed by atoms with E-state index in [1.165, 1.54) is 24.1 Å². The van der Waals surface area contributed by atoms with Crippen LogP contribution >= 0.6 is 0 Å². The minimum atomic E-state index is -0.255. The Kier molecular flexibility index (Phi) is 5.98. The van der Waals surface area contributed by atoms with Crippen molar-refractivity contribution in [3.63, 3.8) is 0 Å². The van der Waals surface area contributed by atoms with E-state index in [0.717, 1.165) is 37.1 Å². The summed E-state index contributed by atoms with van der Waals surface area (Å²) < 4.78 is 0. The fraction of sp³-hybridized carbons (Fsp3) is 0.345. The van der Waals surface area contributed by atoms with Crippen LogP contribution < -0.4 is 4.90 Å². The molecule has 3 aromatic carbocycles. The highest BCUT2D eigenvalue weighted by Gasteiger charge is 2.39. The van der Waals surface area contributed by atoms with Crippen LogP contribution in [0.3, 0.4) is 0 Å². The van der Waals surface area contributed by atoms with Crippen LogP contribution in [0.15, 0.2) is 84.9 Å². The van der Waals surface area contributed by atoms with Crippen molar-refractivity contribution in [2.24, 2.45) is 0 Å². The maximum Gasteiger partial charge on any atom is 0.234 e. The zero-order chi connectivity index (χ0) is 21.9. The summed E-state index contributed by atoms with van der Waals surface area (Å²) in [6.45, 7) is 4.09. The van der Waals surface area contributed by atoms with E-state index in [2.05, 4.69) is 65.3 Å². The standard InChI is InChI=1S/C29H32N2O/c1-22-20-26(30-19-11-10-13-23-12-8-9-18-27(23)30)21-31(22)29(32)28(24-14-4-2-5-15-24)25-16-6-3-7-17-25/h2-9,12,14-18,22,26,28H,10-11,13,19-21H2,1H3/t22-,26+/m1/s1. The number of rotatable bonds is 4. The van der Waals surface area contributed by atoms with E-state index >= 15 is 0 Å². The fourth-order valence-electron chi connectivity index (χ4n) is 5.57. The molecule has 0 saturated carbocycles. The summed E-state index contributed by atoms with van der Waals surface area (Å²) in [5.74, 6) is -0.0319. The molecule has 5 rings (SSSR count). The van der Waals surface area contributed by atoms with Gasteiger partial charge in [-0.1, -0.05) is 78.9 Å². The molecule has 3 heteroatoms. The molecule has 3 nitrogen and oxygen atoms in total. The molecule has 1 fully saturated rings. The number of benzene rings is 3. The molecule has 2 aliphatic heterocycles. The predicted molar refractivity (Wildman–Crippen MR) is 131 cm³/mol. The van der Waals surface area contributed by atoms with Gasteiger partial charge in [0.05, 0.1) is 5.92 Å². The number of aryl methyl sites for hydroxylation is 1. The van der Waals surface area contributed by atoms with Gasteiger partial charge in [-0.3, -0.25) is 4.79 Å². The third-order valence-electron chi connectivity index (χ3n) is 7.19. The molecule has 1 saturated heterocycles. The second kappa shape index (κ2) is 9.20. The number of hydrogen-bond donors (Lipinski definition) is 0. The molecule has 0 aliphatic carbocycles. The van der Waals surface area contributed by atoms with E-state index in [1.54, 1.807) is 0 Å². The molecule has 2 aliphatic rings. The maximum absolute atomic E-state index is 14.0. The molecule has 2 atom stereocenters. The van der Waals surface area contributed by atoms with Crippen LogP contribution in [0, 0.1) is 0 Å². The van der Waals surface area contributed by atoms with Gasteiger partial charge in [0, 0.05) is 30.9 Å². The molecule has 0 N–H and O–H groups in total. The first-order chi connectivity index (χ1) is 15.7. The van der Waals surface area contributed by atoms with Crippen molar-refractivity contribution < 1.29 is 4.79 Å². The van der Waals surface area contributed by atoms with Crippen molar-refractivity contribution in [1.29, 1.82) is 0 Å². The lowest BCUT2D eigenvalue weighted by Gasteiger charge is -2.32. The predicted octanol–water partition coefficient (Wildman–Crippen LogP) is 5.65. The quantitative estimate of drug-likeness (QED) is 0.540. The Morgan fingerprint density at radius 3 is 2.16 bits per heavy atom. The van der Waals surface area contributed by atoms with Crippen molar-refractivity contribution in [3.8, 4) is 0 Å². The number of anilines is 1. The van der Waals surface area contributed by atoms with E-state index < -0.39 is 0 Å². The van der Waals surface area contributed by atoms with E-state index in [9.17, 15) is 4.79 Å². The zero-order valence-corrected chi connectivity index (χ0v) is 18.9. The van der Waals surface area contributed by atoms with Crippen LogP contribution in [0.1, 0.15) is 48.8 Å². The van der Waals surface area contributed by atoms with Crippen molar-refractivity contribution >= 4 is 11.6 Å². The second-order valence-corrected chi connectivity index (χ2v) is 9.26. The first kappa shape index (κ1) is 20.8. The number of amides is 1. The van der Waals surface area contributed by atoms with Gasteiger partial charge < -0.3 is 9.80 Å². The van der Waals surface area contributed by atoms with Gasteiger partial charge in [-0.15, -0.1) is 0 Å². The van der Waals surface area contributed by atoms with Gasteiger partial charge in [0.15, 0.2) is 0 Å². The van der Waals surface area contributed by atoms with Crippen LogP contribution in [0.2, 0.25) is 0 Å². The van der Waals surface area contributed by atoms with Gasteiger partial charge in [-0.2, -0.15) is 0 Å². The number of fused-ring (bicyclic) bond motifs is 1. The minimum Gasteiger partial charge on any atom is -0.366 e. The Balaban J connectivity index is 1.43. The average Bonchev–Trinajstić information content (AvgIpc) is 3.09. The van der Waals surface area contributed by atoms with Crippen LogP contribution in [0.5, 0.6) is 0 Å². The molecule has 0 unspecified atom stereocenters. The topological polar surface area (TPSA) is 23.6 Å². The number of hydrogen-bond acceptors (Lipinski definition) is 2. The SMILES string of the molecule is C[C@@H]1C[C@H](N2CCCCc3ccccc32)CN1C(=O)C(c1ccccc1)c1ccccc1. The molecule has 0 spiro atoms. The third kappa shape index (κ3) is 4.04. The van der Waals surface area contributed by atoms with E-state index in [4.69, 9.17) is 0 Å². The van der Waals surface area contributed by atoms with Crippen LogP contribution in [-0.4, -0.2) is 36.0 Å². The Morgan fingerprint density at radius 1 is 0.844 bits per heavy atom. The summed E-state index contributed by atoms with van der Waals surface area (Å²) in [4.78, 5) is 18.7. The molecular formula is C29H32N2O. The highest BCUT2D eigenvalue weighted by atomic mass is 16.2. The fourth-order valence-corrected chi connectivity index (χ4v) is 5.57. The normalized spacial score (nSPS) is 20.8. The van der Waals surface area contributed by atoms with Crippen molar-refractivity contribution in [3.05, 3.63) is 102 Å². The number of nitrogens with zero attached hydrogens (tertiary/aromatic N) is 2. The van der Waals surface area contributed by atoms with Crippen molar-refractivity contribution in [2.45, 2.75) is 50.6 Å². The Labute approximate surface area is 191 Å². The second-order valence-electron chi connectivity index (χ2n) is 9.26. The minimum absolute atomic E-state index is 0.223. The van der Waals surface area contributed by atoms with Crippen molar-refractivity contribution in [2.75, 3.05) is 18.0 Å². The van der Waals surface area contributed by atoms with Gasteiger partial charge in [0.25, 0.3) is 0 Å². The molecule has 0 aromatic heterocycles. The molecule has 1 amide bonds. The maximum atomic E-state index is 14.0. The lowest BCUT2D eigenvalue weighted by Crippen LogP contribution is -2.41. The Morgan fingerprint density at radius 2 is 1.47 bits per heavy atom. The lowest BCUT2D eigenvalue weighted by atomic mass is 9.90. The van der Waals surface area contributed by atoms with Gasteiger partial charge in [-0.25, -0.2) is 0 Å². The molecule has 2 heterocycles. The summed E-state index contributed by atoms with van der Waals surface area (Å²) in [6, 6.07) is 29.9. The molecule has 3 aromatic rings. The smallest absolute Gasteiger partial charge is 0.234 e. The highest BCUT2D eigenvalue weighted by Crippen LogP contribution is 2.35. The molecular weight excluding hydrogens is 392 g/mol. The van der Waals surface area contributed by atoms with Crippen LogP contribution in [0.25, 0.3) is 0 Å². The summed E-state index contributed by atoms with van der Waals surface area (Å²) >= 11 is 0. The Bertz CT molecular complexity index is 1010. The van der Waals surface area contributed by atoms with E-state index in [1.807, 2.05) is 36.4 Å². The monoisotopic (exact) mass is 424 g/mol. The highest BCUT2D eigenvalue weighted by molar-refractivity contribution is 5.88. The first-order valence-corrected chi connectivity index (χ1v) is 12.0. The molecule has 32 heavy (non-hydrogen) atoms. The first-order valence-electron chi connectivity index (χ1n) is 12.0. The Hall–Kier alpha value is -3.07. The summed E-state index contributed by atoms with van der Waals surface area (Å²) in [7, 11) is 0. The van der Waals surface area contributed by atoms with Crippen LogP contribution in [0.4, 0.5) is 5.69 Å². The largest absolute Gasteiger partial charge is 0.366 e. The lowest BCUT2D eigenvalue weighted by molar-refractivity contribution is -0.132. The van der Waals surface area contributed by atoms with Gasteiger partial charge in [-0.05, 0) is 55.4 Å². The van der Waals surface area contributed by atoms with Gasteiger partial charge in [0.2, 0.25) is 5.91 Å². The summed E-state index contributed by atoms with van der Waals surface area (Å²) in [5.41, 5.74) is 4.96. The number of likely N-dealkylation sites (tertiary alicyclic amines) is 1. The van der Waals surface area contributed by atoms with Crippen LogP contribution in [-0.2, 0) is 11.2 Å². The van der Waals surface area contributed by atoms with E-state index in [0.29, 0.717) is 6.04 Å². The number of carbonyl (C=O) groups excluding carboxylic acids is 1. The van der Waals surface area contributed by atoms with Crippen molar-refractivity contribution in [1.82, 2.24) is 4.90 Å².